The molecule has 0 aliphatic carbocycles. The fraction of sp³-hybridized carbons (Fsp3) is 0.778. The van der Waals surface area contributed by atoms with Gasteiger partial charge in [0.2, 0.25) is 0 Å². The Morgan fingerprint density at radius 3 is 2.21 bits per heavy atom. The average molecular weight is 202 g/mol. The fourth-order valence-electron chi connectivity index (χ4n) is 1.000. The molecule has 0 saturated heterocycles. The molecule has 0 N–H and O–H groups in total. The molecule has 14 heavy (non-hydrogen) atoms. The topological polar surface area (TPSA) is 49.9 Å². The van der Waals surface area contributed by atoms with Crippen LogP contribution < -0.4 is 0 Å². The van der Waals surface area contributed by atoms with Crippen molar-refractivity contribution in [3.63, 3.8) is 0 Å². The van der Waals surface area contributed by atoms with E-state index in [-0.39, 0.29) is 12.0 Å². The summed E-state index contributed by atoms with van der Waals surface area (Å²) in [5.74, 6) is -0.240. The molecular formula is C9H18N2O3. The molecule has 0 aromatic heterocycles. The van der Waals surface area contributed by atoms with Crippen molar-refractivity contribution in [3.8, 4) is 0 Å². The third kappa shape index (κ3) is 4.69. The fourth-order valence-corrected chi connectivity index (χ4v) is 1.000. The second-order valence-electron chi connectivity index (χ2n) is 3.28. The Hall–Kier alpha value is -1.26. The Morgan fingerprint density at radius 2 is 1.79 bits per heavy atom. The lowest BCUT2D eigenvalue weighted by molar-refractivity contribution is -0.140. The normalized spacial score (nSPS) is 9.43. The van der Waals surface area contributed by atoms with Crippen LogP contribution in [-0.4, -0.2) is 56.6 Å². The first-order valence-electron chi connectivity index (χ1n) is 4.48. The number of methoxy groups -OCH3 is 1. The van der Waals surface area contributed by atoms with Gasteiger partial charge < -0.3 is 14.5 Å². The molecule has 82 valence electrons. The smallest absolute Gasteiger partial charge is 0.319 e. The molecule has 5 heteroatoms. The number of esters is 1. The molecule has 0 bridgehead atoms. The average Bonchev–Trinajstić information content (AvgIpc) is 2.15. The summed E-state index contributed by atoms with van der Waals surface area (Å²) in [5.41, 5.74) is 0. The molecule has 0 spiro atoms. The van der Waals surface area contributed by atoms with E-state index in [1.165, 1.54) is 12.0 Å². The molecule has 0 unspecified atom stereocenters. The van der Waals surface area contributed by atoms with Crippen molar-refractivity contribution in [3.05, 3.63) is 0 Å². The number of rotatable bonds is 4. The molecule has 0 rings (SSSR count). The number of ether oxygens (including phenoxy) is 1. The van der Waals surface area contributed by atoms with Crippen LogP contribution in [0.25, 0.3) is 0 Å². The first kappa shape index (κ1) is 12.7. The standard InChI is InChI=1S/C9H18N2O3/c1-10(2)9(13)11(3)7-5-6-8(12)14-4/h5-7H2,1-4H3. The number of carbonyl (C=O) groups excluding carboxylic acids is 2. The summed E-state index contributed by atoms with van der Waals surface area (Å²) in [6.07, 6.45) is 0.976. The van der Waals surface area contributed by atoms with E-state index < -0.39 is 0 Å². The highest BCUT2D eigenvalue weighted by atomic mass is 16.5. The molecule has 0 aliphatic rings. The Bertz CT molecular complexity index is 204. The van der Waals surface area contributed by atoms with Crippen molar-refractivity contribution in [2.75, 3.05) is 34.8 Å². The summed E-state index contributed by atoms with van der Waals surface area (Å²) in [6, 6.07) is -0.0603. The van der Waals surface area contributed by atoms with Gasteiger partial charge in [0.15, 0.2) is 0 Å². The van der Waals surface area contributed by atoms with Crippen LogP contribution >= 0.6 is 0 Å². The zero-order valence-electron chi connectivity index (χ0n) is 9.24. The van der Waals surface area contributed by atoms with Crippen LogP contribution in [0.15, 0.2) is 0 Å². The van der Waals surface area contributed by atoms with Crippen LogP contribution in [0.1, 0.15) is 12.8 Å². The van der Waals surface area contributed by atoms with Gasteiger partial charge >= 0.3 is 12.0 Å². The Balaban J connectivity index is 3.69. The lowest BCUT2D eigenvalue weighted by Gasteiger charge is -2.21. The number of hydrogen-bond donors (Lipinski definition) is 0. The predicted molar refractivity (Wildman–Crippen MR) is 53.0 cm³/mol. The Labute approximate surface area is 84.6 Å². The van der Waals surface area contributed by atoms with E-state index in [9.17, 15) is 9.59 Å². The van der Waals surface area contributed by atoms with Gasteiger partial charge in [-0.2, -0.15) is 0 Å². The molecule has 0 saturated carbocycles. The first-order chi connectivity index (χ1) is 6.49. The molecule has 2 amide bonds. The monoisotopic (exact) mass is 202 g/mol. The molecule has 0 atom stereocenters. The Kier molecular flexibility index (Phi) is 5.67. The second kappa shape index (κ2) is 6.23. The van der Waals surface area contributed by atoms with Gasteiger partial charge in [-0.3, -0.25) is 4.79 Å². The summed E-state index contributed by atoms with van der Waals surface area (Å²) in [5, 5.41) is 0. The van der Waals surface area contributed by atoms with Crippen molar-refractivity contribution in [1.29, 1.82) is 0 Å². The summed E-state index contributed by atoms with van der Waals surface area (Å²) < 4.78 is 4.49. The highest BCUT2D eigenvalue weighted by Gasteiger charge is 2.10. The summed E-state index contributed by atoms with van der Waals surface area (Å²) >= 11 is 0. The van der Waals surface area contributed by atoms with E-state index in [0.717, 1.165) is 0 Å². The number of hydrogen-bond acceptors (Lipinski definition) is 3. The maximum Gasteiger partial charge on any atom is 0.319 e. The highest BCUT2D eigenvalue weighted by Crippen LogP contribution is 1.97. The SMILES string of the molecule is COC(=O)CCCN(C)C(=O)N(C)C. The largest absolute Gasteiger partial charge is 0.469 e. The van der Waals surface area contributed by atoms with Crippen molar-refractivity contribution >= 4 is 12.0 Å². The molecule has 0 aliphatic heterocycles. The maximum atomic E-state index is 11.3. The minimum absolute atomic E-state index is 0.0603. The third-order valence-corrected chi connectivity index (χ3v) is 1.81. The minimum atomic E-state index is -0.240. The maximum absolute atomic E-state index is 11.3. The predicted octanol–water partition coefficient (Wildman–Crippen LogP) is 0.553. The molecule has 0 aromatic carbocycles. The second-order valence-corrected chi connectivity index (χ2v) is 3.28. The molecule has 5 nitrogen and oxygen atoms in total. The molecule has 0 fully saturated rings. The van der Waals surface area contributed by atoms with E-state index in [1.807, 2.05) is 0 Å². The van der Waals surface area contributed by atoms with Gasteiger partial charge in [-0.15, -0.1) is 0 Å². The van der Waals surface area contributed by atoms with Gasteiger partial charge in [0.25, 0.3) is 0 Å². The number of urea groups is 1. The van der Waals surface area contributed by atoms with Crippen molar-refractivity contribution in [1.82, 2.24) is 9.80 Å². The Morgan fingerprint density at radius 1 is 1.21 bits per heavy atom. The quantitative estimate of drug-likeness (QED) is 0.626. The van der Waals surface area contributed by atoms with E-state index in [2.05, 4.69) is 4.74 Å². The van der Waals surface area contributed by atoms with Crippen LogP contribution in [-0.2, 0) is 9.53 Å². The highest BCUT2D eigenvalue weighted by molar-refractivity contribution is 5.73. The van der Waals surface area contributed by atoms with Crippen LogP contribution in [0.4, 0.5) is 4.79 Å². The van der Waals surface area contributed by atoms with Crippen molar-refractivity contribution in [2.45, 2.75) is 12.8 Å². The van der Waals surface area contributed by atoms with Gasteiger partial charge in [0.05, 0.1) is 7.11 Å². The lowest BCUT2D eigenvalue weighted by atomic mass is 10.3. The van der Waals surface area contributed by atoms with Crippen LogP contribution in [0.2, 0.25) is 0 Å². The van der Waals surface area contributed by atoms with E-state index in [4.69, 9.17) is 0 Å². The minimum Gasteiger partial charge on any atom is -0.469 e. The number of nitrogens with zero attached hydrogens (tertiary/aromatic N) is 2. The molecule has 0 radical (unpaired) electrons. The van der Waals surface area contributed by atoms with E-state index >= 15 is 0 Å². The lowest BCUT2D eigenvalue weighted by Crippen LogP contribution is -2.37. The van der Waals surface area contributed by atoms with Gasteiger partial charge in [0.1, 0.15) is 0 Å². The van der Waals surface area contributed by atoms with Crippen LogP contribution in [0, 0.1) is 0 Å². The zero-order chi connectivity index (χ0) is 11.1. The van der Waals surface area contributed by atoms with Gasteiger partial charge in [-0.25, -0.2) is 4.79 Å². The molecule has 0 aromatic rings. The van der Waals surface area contributed by atoms with Gasteiger partial charge in [-0.05, 0) is 6.42 Å². The van der Waals surface area contributed by atoms with Crippen molar-refractivity contribution in [2.24, 2.45) is 0 Å². The van der Waals surface area contributed by atoms with E-state index in [0.29, 0.717) is 19.4 Å². The first-order valence-corrected chi connectivity index (χ1v) is 4.48. The molecule has 0 heterocycles. The number of carbonyl (C=O) groups is 2. The summed E-state index contributed by atoms with van der Waals surface area (Å²) in [4.78, 5) is 25.2. The van der Waals surface area contributed by atoms with Gasteiger partial charge in [0, 0.05) is 34.1 Å². The van der Waals surface area contributed by atoms with Gasteiger partial charge in [-0.1, -0.05) is 0 Å². The zero-order valence-corrected chi connectivity index (χ0v) is 9.24. The third-order valence-electron chi connectivity index (χ3n) is 1.81. The number of amides is 2. The van der Waals surface area contributed by atoms with Crippen LogP contribution in [0.5, 0.6) is 0 Å². The summed E-state index contributed by atoms with van der Waals surface area (Å²) in [7, 11) is 6.45. The summed E-state index contributed by atoms with van der Waals surface area (Å²) in [6.45, 7) is 0.562. The molecular weight excluding hydrogens is 184 g/mol. The van der Waals surface area contributed by atoms with Crippen molar-refractivity contribution < 1.29 is 14.3 Å². The van der Waals surface area contributed by atoms with Crippen LogP contribution in [0.3, 0.4) is 0 Å². The van der Waals surface area contributed by atoms with E-state index in [1.54, 1.807) is 26.0 Å².